The lowest BCUT2D eigenvalue weighted by molar-refractivity contribution is -0.115. The topological polar surface area (TPSA) is 59.3 Å². The first-order valence-corrected chi connectivity index (χ1v) is 8.82. The molecule has 0 aliphatic heterocycles. The fraction of sp³-hybridized carbons (Fsp3) is 0.188. The number of pyridine rings is 1. The molecule has 5 nitrogen and oxygen atoms in total. The monoisotopic (exact) mass is 380 g/mol. The van der Waals surface area contributed by atoms with Crippen molar-refractivity contribution < 1.29 is 4.79 Å². The van der Waals surface area contributed by atoms with Crippen molar-refractivity contribution in [2.24, 2.45) is 0 Å². The molecule has 1 aromatic carbocycles. The van der Waals surface area contributed by atoms with Gasteiger partial charge in [0.1, 0.15) is 0 Å². The first kappa shape index (κ1) is 17.1. The van der Waals surface area contributed by atoms with Crippen molar-refractivity contribution in [1.82, 2.24) is 14.6 Å². The highest BCUT2D eigenvalue weighted by Gasteiger charge is 2.19. The minimum absolute atomic E-state index is 0.112. The van der Waals surface area contributed by atoms with Crippen LogP contribution in [0.2, 0.25) is 10.0 Å². The quantitative estimate of drug-likeness (QED) is 0.678. The maximum atomic E-state index is 12.4. The van der Waals surface area contributed by atoms with Crippen LogP contribution in [0.25, 0.3) is 5.65 Å². The number of hydrogen-bond acceptors (Lipinski definition) is 4. The van der Waals surface area contributed by atoms with Gasteiger partial charge in [-0.1, -0.05) is 53.2 Å². The molecule has 3 rings (SSSR count). The lowest BCUT2D eigenvalue weighted by Crippen LogP contribution is -2.23. The lowest BCUT2D eigenvalue weighted by Gasteiger charge is -2.12. The number of rotatable bonds is 4. The van der Waals surface area contributed by atoms with E-state index in [4.69, 9.17) is 23.2 Å². The van der Waals surface area contributed by atoms with Crippen LogP contribution in [0.1, 0.15) is 12.5 Å². The molecule has 1 N–H and O–H groups in total. The summed E-state index contributed by atoms with van der Waals surface area (Å²) in [5.74, 6) is -0.112. The number of anilines is 1. The lowest BCUT2D eigenvalue weighted by atomic mass is 10.2. The van der Waals surface area contributed by atoms with Crippen LogP contribution in [0, 0.1) is 6.92 Å². The summed E-state index contributed by atoms with van der Waals surface area (Å²) in [6.07, 6.45) is 1.68. The molecule has 1 atom stereocenters. The molecular weight excluding hydrogens is 367 g/mol. The molecule has 1 unspecified atom stereocenters. The van der Waals surface area contributed by atoms with Crippen LogP contribution in [-0.2, 0) is 4.79 Å². The van der Waals surface area contributed by atoms with Crippen molar-refractivity contribution in [1.29, 1.82) is 0 Å². The van der Waals surface area contributed by atoms with Gasteiger partial charge >= 0.3 is 0 Å². The van der Waals surface area contributed by atoms with E-state index in [0.717, 1.165) is 11.3 Å². The summed E-state index contributed by atoms with van der Waals surface area (Å²) in [4.78, 5) is 12.4. The first-order valence-electron chi connectivity index (χ1n) is 7.18. The van der Waals surface area contributed by atoms with Crippen molar-refractivity contribution in [3.8, 4) is 0 Å². The van der Waals surface area contributed by atoms with Crippen LogP contribution in [0.3, 0.4) is 0 Å². The van der Waals surface area contributed by atoms with Crippen LogP contribution < -0.4 is 5.32 Å². The third-order valence-corrected chi connectivity index (χ3v) is 4.99. The molecule has 8 heteroatoms. The Hall–Kier alpha value is -1.76. The van der Waals surface area contributed by atoms with E-state index in [0.29, 0.717) is 20.8 Å². The highest BCUT2D eigenvalue weighted by molar-refractivity contribution is 8.00. The van der Waals surface area contributed by atoms with Gasteiger partial charge in [-0.25, -0.2) is 0 Å². The predicted molar refractivity (Wildman–Crippen MR) is 98.1 cm³/mol. The van der Waals surface area contributed by atoms with Crippen molar-refractivity contribution in [2.45, 2.75) is 24.3 Å². The molecule has 0 saturated heterocycles. The maximum Gasteiger partial charge on any atom is 0.237 e. The van der Waals surface area contributed by atoms with Crippen molar-refractivity contribution in [2.75, 3.05) is 5.32 Å². The number of nitrogens with zero attached hydrogens (tertiary/aromatic N) is 3. The molecular formula is C16H14Cl2N4OS. The summed E-state index contributed by atoms with van der Waals surface area (Å²) in [6, 6.07) is 9.24. The van der Waals surface area contributed by atoms with Gasteiger partial charge < -0.3 is 5.32 Å². The molecule has 2 heterocycles. The number of carbonyl (C=O) groups is 1. The number of aryl methyl sites for hydroxylation is 1. The summed E-state index contributed by atoms with van der Waals surface area (Å²) in [7, 11) is 0. The van der Waals surface area contributed by atoms with E-state index in [1.165, 1.54) is 11.8 Å². The number of halogens is 2. The number of benzene rings is 1. The van der Waals surface area contributed by atoms with E-state index < -0.39 is 0 Å². The fourth-order valence-electron chi connectivity index (χ4n) is 2.14. The second-order valence-electron chi connectivity index (χ2n) is 5.25. The molecule has 2 aromatic heterocycles. The van der Waals surface area contributed by atoms with Crippen molar-refractivity contribution >= 4 is 52.2 Å². The molecule has 1 amide bonds. The zero-order chi connectivity index (χ0) is 17.3. The van der Waals surface area contributed by atoms with Gasteiger partial charge in [0.15, 0.2) is 10.8 Å². The number of nitrogens with one attached hydrogen (secondary N) is 1. The summed E-state index contributed by atoms with van der Waals surface area (Å²) in [5.41, 5.74) is 2.32. The van der Waals surface area contributed by atoms with E-state index in [2.05, 4.69) is 15.5 Å². The molecule has 124 valence electrons. The Morgan fingerprint density at radius 2 is 2.04 bits per heavy atom. The molecule has 0 fully saturated rings. The van der Waals surface area contributed by atoms with Crippen LogP contribution >= 0.6 is 35.0 Å². The van der Waals surface area contributed by atoms with Crippen LogP contribution in [0.4, 0.5) is 5.69 Å². The number of aromatic nitrogens is 3. The Morgan fingerprint density at radius 3 is 2.79 bits per heavy atom. The Bertz CT molecular complexity index is 912. The van der Waals surface area contributed by atoms with E-state index in [9.17, 15) is 4.79 Å². The highest BCUT2D eigenvalue weighted by atomic mass is 35.5. The summed E-state index contributed by atoms with van der Waals surface area (Å²) >= 11 is 13.4. The summed E-state index contributed by atoms with van der Waals surface area (Å²) in [5, 5.41) is 12.1. The van der Waals surface area contributed by atoms with E-state index in [1.54, 1.807) is 16.7 Å². The molecule has 24 heavy (non-hydrogen) atoms. The summed E-state index contributed by atoms with van der Waals surface area (Å²) < 4.78 is 1.69. The Morgan fingerprint density at radius 1 is 1.29 bits per heavy atom. The van der Waals surface area contributed by atoms with Gasteiger partial charge in [-0.05, 0) is 31.5 Å². The van der Waals surface area contributed by atoms with Crippen molar-refractivity contribution in [3.05, 3.63) is 52.1 Å². The Kier molecular flexibility index (Phi) is 4.99. The molecule has 0 bridgehead atoms. The Labute approximate surface area is 153 Å². The van der Waals surface area contributed by atoms with Crippen LogP contribution in [-0.4, -0.2) is 25.8 Å². The number of fused-ring (bicyclic) bond motifs is 1. The second kappa shape index (κ2) is 7.01. The smallest absolute Gasteiger partial charge is 0.237 e. The van der Waals surface area contributed by atoms with E-state index >= 15 is 0 Å². The Balaban J connectivity index is 1.78. The fourth-order valence-corrected chi connectivity index (χ4v) is 3.47. The van der Waals surface area contributed by atoms with Gasteiger partial charge in [-0.15, -0.1) is 10.2 Å². The number of hydrogen-bond donors (Lipinski definition) is 1. The van der Waals surface area contributed by atoms with Crippen LogP contribution in [0.15, 0.2) is 41.7 Å². The zero-order valence-electron chi connectivity index (χ0n) is 13.0. The number of para-hydroxylation sites is 1. The van der Waals surface area contributed by atoms with E-state index in [-0.39, 0.29) is 11.2 Å². The SMILES string of the molecule is Cc1ccccc1NC(=O)C(C)Sc1nnc2c(Cl)cc(Cl)cn12. The maximum absolute atomic E-state index is 12.4. The van der Waals surface area contributed by atoms with Crippen molar-refractivity contribution in [3.63, 3.8) is 0 Å². The largest absolute Gasteiger partial charge is 0.325 e. The standard InChI is InChI=1S/C16H14Cl2N4OS/c1-9-5-3-4-6-13(9)19-15(23)10(2)24-16-21-20-14-12(18)7-11(17)8-22(14)16/h3-8,10H,1-2H3,(H,19,23). The molecule has 3 aromatic rings. The number of thioether (sulfide) groups is 1. The molecule has 0 saturated carbocycles. The van der Waals surface area contributed by atoms with Gasteiger partial charge in [-0.3, -0.25) is 9.20 Å². The average Bonchev–Trinajstić information content (AvgIpc) is 2.92. The molecule has 0 aliphatic carbocycles. The molecule has 0 spiro atoms. The first-order chi connectivity index (χ1) is 11.5. The normalized spacial score (nSPS) is 12.3. The third-order valence-electron chi connectivity index (χ3n) is 3.45. The third kappa shape index (κ3) is 3.50. The molecule has 0 radical (unpaired) electrons. The highest BCUT2D eigenvalue weighted by Crippen LogP contribution is 2.28. The van der Waals surface area contributed by atoms with Crippen LogP contribution in [0.5, 0.6) is 0 Å². The molecule has 0 aliphatic rings. The zero-order valence-corrected chi connectivity index (χ0v) is 15.3. The minimum Gasteiger partial charge on any atom is -0.325 e. The predicted octanol–water partition coefficient (Wildman–Crippen LogP) is 4.46. The average molecular weight is 381 g/mol. The van der Waals surface area contributed by atoms with Gasteiger partial charge in [0, 0.05) is 11.9 Å². The van der Waals surface area contributed by atoms with E-state index in [1.807, 2.05) is 38.1 Å². The summed E-state index contributed by atoms with van der Waals surface area (Å²) in [6.45, 7) is 3.76. The van der Waals surface area contributed by atoms with Gasteiger partial charge in [0.25, 0.3) is 0 Å². The van der Waals surface area contributed by atoms with Gasteiger partial charge in [-0.2, -0.15) is 0 Å². The number of amides is 1. The second-order valence-corrected chi connectivity index (χ2v) is 7.40. The van der Waals surface area contributed by atoms with Gasteiger partial charge in [0.2, 0.25) is 5.91 Å². The van der Waals surface area contributed by atoms with Gasteiger partial charge in [0.05, 0.1) is 15.3 Å². The minimum atomic E-state index is -0.366. The number of carbonyl (C=O) groups excluding carboxylic acids is 1.